The predicted octanol–water partition coefficient (Wildman–Crippen LogP) is 3.44. The van der Waals surface area contributed by atoms with Crippen LogP contribution < -0.4 is 0 Å². The number of aromatic nitrogens is 1. The minimum absolute atomic E-state index is 0.239. The lowest BCUT2D eigenvalue weighted by molar-refractivity contribution is 0.0220. The summed E-state index contributed by atoms with van der Waals surface area (Å²) in [6.07, 6.45) is 3.37. The smallest absolute Gasteiger partial charge is 0.410 e. The molecule has 0 aromatic carbocycles. The minimum atomic E-state index is -0.480. The lowest BCUT2D eigenvalue weighted by Crippen LogP contribution is -2.43. The number of amides is 1. The van der Waals surface area contributed by atoms with E-state index >= 15 is 0 Å². The molecule has 2 rings (SSSR count). The number of carbonyl (C=O) groups is 1. The Morgan fingerprint density at radius 1 is 1.55 bits per heavy atom. The highest BCUT2D eigenvalue weighted by molar-refractivity contribution is 8.00. The van der Waals surface area contributed by atoms with Crippen molar-refractivity contribution in [3.8, 4) is 6.07 Å². The molecule has 0 spiro atoms. The third-order valence-corrected chi connectivity index (χ3v) is 4.47. The Labute approximate surface area is 135 Å². The van der Waals surface area contributed by atoms with Crippen LogP contribution in [-0.4, -0.2) is 39.9 Å². The van der Waals surface area contributed by atoms with Gasteiger partial charge in [-0.25, -0.2) is 9.78 Å². The molecule has 0 bridgehead atoms. The highest BCUT2D eigenvalue weighted by atomic mass is 32.2. The van der Waals surface area contributed by atoms with Gasteiger partial charge in [-0.1, -0.05) is 11.8 Å². The number of carbonyl (C=O) groups excluding carboxylic acids is 1. The molecule has 6 heteroatoms. The zero-order valence-electron chi connectivity index (χ0n) is 13.2. The van der Waals surface area contributed by atoms with E-state index in [4.69, 9.17) is 10.00 Å². The van der Waals surface area contributed by atoms with Crippen molar-refractivity contribution in [3.63, 3.8) is 0 Å². The first-order chi connectivity index (χ1) is 10.4. The van der Waals surface area contributed by atoms with Crippen LogP contribution in [0.2, 0.25) is 0 Å². The van der Waals surface area contributed by atoms with Crippen LogP contribution in [0.15, 0.2) is 23.4 Å². The van der Waals surface area contributed by atoms with Crippen LogP contribution in [0.25, 0.3) is 0 Å². The Morgan fingerprint density at radius 2 is 2.32 bits per heavy atom. The van der Waals surface area contributed by atoms with Crippen molar-refractivity contribution in [1.82, 2.24) is 9.88 Å². The average Bonchev–Trinajstić information content (AvgIpc) is 2.46. The zero-order valence-corrected chi connectivity index (χ0v) is 14.0. The van der Waals surface area contributed by atoms with E-state index in [0.29, 0.717) is 12.1 Å². The molecule has 0 saturated carbocycles. The van der Waals surface area contributed by atoms with Crippen molar-refractivity contribution in [1.29, 1.82) is 5.26 Å². The molecule has 0 N–H and O–H groups in total. The fraction of sp³-hybridized carbons (Fsp3) is 0.562. The van der Waals surface area contributed by atoms with E-state index in [2.05, 4.69) is 11.1 Å². The molecule has 1 unspecified atom stereocenters. The number of ether oxygens (including phenoxy) is 1. The number of likely N-dealkylation sites (tertiary alicyclic amines) is 1. The zero-order chi connectivity index (χ0) is 16.2. The normalized spacial score (nSPS) is 18.6. The molecule has 1 aromatic heterocycles. The Kier molecular flexibility index (Phi) is 5.30. The van der Waals surface area contributed by atoms with E-state index in [-0.39, 0.29) is 11.3 Å². The number of hydrogen-bond acceptors (Lipinski definition) is 5. The summed E-state index contributed by atoms with van der Waals surface area (Å²) >= 11 is 1.57. The van der Waals surface area contributed by atoms with Gasteiger partial charge in [0.25, 0.3) is 0 Å². The molecule has 1 fully saturated rings. The summed E-state index contributed by atoms with van der Waals surface area (Å²) in [5, 5.41) is 10.1. The summed E-state index contributed by atoms with van der Waals surface area (Å²) in [7, 11) is 0. The third-order valence-electron chi connectivity index (χ3n) is 3.20. The van der Waals surface area contributed by atoms with Crippen LogP contribution in [0.5, 0.6) is 0 Å². The molecule has 2 heterocycles. The van der Waals surface area contributed by atoms with Gasteiger partial charge in [0.15, 0.2) is 0 Å². The monoisotopic (exact) mass is 319 g/mol. The SMILES string of the molecule is CC(C)(C)OC(=O)N1CCCC(Sc2ncccc2C#N)C1. The van der Waals surface area contributed by atoms with E-state index in [1.54, 1.807) is 35.0 Å². The Hall–Kier alpha value is -1.74. The third kappa shape index (κ3) is 4.63. The van der Waals surface area contributed by atoms with Crippen LogP contribution in [0.4, 0.5) is 4.79 Å². The number of hydrogen-bond donors (Lipinski definition) is 0. The van der Waals surface area contributed by atoms with Gasteiger partial charge in [-0.15, -0.1) is 0 Å². The molecular formula is C16H21N3O2S. The van der Waals surface area contributed by atoms with E-state index < -0.39 is 5.60 Å². The van der Waals surface area contributed by atoms with Gasteiger partial charge in [-0.05, 0) is 45.7 Å². The lowest BCUT2D eigenvalue weighted by atomic mass is 10.1. The van der Waals surface area contributed by atoms with Crippen molar-refractivity contribution in [2.45, 2.75) is 49.5 Å². The van der Waals surface area contributed by atoms with E-state index in [1.165, 1.54) is 0 Å². The highest BCUT2D eigenvalue weighted by Crippen LogP contribution is 2.30. The number of rotatable bonds is 2. The fourth-order valence-corrected chi connectivity index (χ4v) is 3.47. The first-order valence-electron chi connectivity index (χ1n) is 7.39. The molecule has 0 radical (unpaired) electrons. The Balaban J connectivity index is 1.99. The van der Waals surface area contributed by atoms with E-state index in [0.717, 1.165) is 24.4 Å². The summed E-state index contributed by atoms with van der Waals surface area (Å²) in [5.74, 6) is 0. The van der Waals surface area contributed by atoms with Crippen molar-refractivity contribution < 1.29 is 9.53 Å². The number of pyridine rings is 1. The van der Waals surface area contributed by atoms with Gasteiger partial charge < -0.3 is 9.64 Å². The van der Waals surface area contributed by atoms with Crippen LogP contribution in [0.3, 0.4) is 0 Å². The van der Waals surface area contributed by atoms with Gasteiger partial charge in [0.2, 0.25) is 0 Å². The second-order valence-corrected chi connectivity index (χ2v) is 7.57. The molecule has 1 atom stereocenters. The van der Waals surface area contributed by atoms with Crippen molar-refractivity contribution >= 4 is 17.9 Å². The second-order valence-electron chi connectivity index (χ2n) is 6.28. The fourth-order valence-electron chi connectivity index (χ4n) is 2.25. The van der Waals surface area contributed by atoms with Crippen molar-refractivity contribution in [3.05, 3.63) is 23.9 Å². The van der Waals surface area contributed by atoms with Gasteiger partial charge in [0.05, 0.1) is 5.56 Å². The molecule has 1 aliphatic heterocycles. The average molecular weight is 319 g/mol. The van der Waals surface area contributed by atoms with E-state index in [1.807, 2.05) is 20.8 Å². The predicted molar refractivity (Wildman–Crippen MR) is 85.6 cm³/mol. The van der Waals surface area contributed by atoms with Gasteiger partial charge >= 0.3 is 6.09 Å². The van der Waals surface area contributed by atoms with Crippen LogP contribution in [0.1, 0.15) is 39.2 Å². The molecule has 1 aliphatic rings. The summed E-state index contributed by atoms with van der Waals surface area (Å²) in [6.45, 7) is 6.96. The molecule has 1 saturated heterocycles. The maximum absolute atomic E-state index is 12.2. The second kappa shape index (κ2) is 7.01. The maximum atomic E-state index is 12.2. The van der Waals surface area contributed by atoms with Crippen LogP contribution >= 0.6 is 11.8 Å². The van der Waals surface area contributed by atoms with Gasteiger partial charge in [0.1, 0.15) is 16.7 Å². The molecule has 0 aliphatic carbocycles. The summed E-state index contributed by atoms with van der Waals surface area (Å²) in [5.41, 5.74) is 0.105. The quantitative estimate of drug-likeness (QED) is 0.835. The number of thioether (sulfide) groups is 1. The first kappa shape index (κ1) is 16.6. The molecule has 22 heavy (non-hydrogen) atoms. The summed E-state index contributed by atoms with van der Waals surface area (Å²) < 4.78 is 5.43. The lowest BCUT2D eigenvalue weighted by Gasteiger charge is -2.33. The van der Waals surface area contributed by atoms with Crippen molar-refractivity contribution in [2.24, 2.45) is 0 Å². The number of nitriles is 1. The molecule has 1 amide bonds. The molecular weight excluding hydrogens is 298 g/mol. The van der Waals surface area contributed by atoms with Gasteiger partial charge in [-0.2, -0.15) is 5.26 Å². The topological polar surface area (TPSA) is 66.2 Å². The largest absolute Gasteiger partial charge is 0.444 e. The van der Waals surface area contributed by atoms with Crippen molar-refractivity contribution in [2.75, 3.05) is 13.1 Å². The molecule has 118 valence electrons. The Morgan fingerprint density at radius 3 is 3.00 bits per heavy atom. The first-order valence-corrected chi connectivity index (χ1v) is 8.27. The minimum Gasteiger partial charge on any atom is -0.444 e. The number of piperidine rings is 1. The summed E-state index contributed by atoms with van der Waals surface area (Å²) in [6, 6.07) is 5.69. The molecule has 5 nitrogen and oxygen atoms in total. The summed E-state index contributed by atoms with van der Waals surface area (Å²) in [4.78, 5) is 18.2. The standard InChI is InChI=1S/C16H21N3O2S/c1-16(2,3)21-15(20)19-9-5-7-13(11-19)22-14-12(10-17)6-4-8-18-14/h4,6,8,13H,5,7,9,11H2,1-3H3. The van der Waals surface area contributed by atoms with Crippen LogP contribution in [-0.2, 0) is 4.74 Å². The maximum Gasteiger partial charge on any atom is 0.410 e. The number of nitrogens with zero attached hydrogens (tertiary/aromatic N) is 3. The van der Waals surface area contributed by atoms with Gasteiger partial charge in [-0.3, -0.25) is 0 Å². The van der Waals surface area contributed by atoms with Gasteiger partial charge in [0, 0.05) is 24.5 Å². The van der Waals surface area contributed by atoms with E-state index in [9.17, 15) is 4.79 Å². The highest BCUT2D eigenvalue weighted by Gasteiger charge is 2.28. The van der Waals surface area contributed by atoms with Crippen LogP contribution in [0, 0.1) is 11.3 Å². The molecule has 1 aromatic rings. The Bertz CT molecular complexity index is 577.